The molecule has 0 aromatic carbocycles. The van der Waals surface area contributed by atoms with Crippen molar-refractivity contribution < 1.29 is 30.7 Å². The first-order valence-corrected chi connectivity index (χ1v) is 5.51. The molecule has 1 aromatic heterocycles. The maximum absolute atomic E-state index is 12.8. The fourth-order valence-corrected chi connectivity index (χ4v) is 1.78. The molecule has 0 atom stereocenters. The van der Waals surface area contributed by atoms with Crippen molar-refractivity contribution in [1.29, 1.82) is 0 Å². The minimum absolute atomic E-state index is 0.317. The molecule has 0 saturated carbocycles. The number of primary sulfonamides is 1. The molecular formula is C7H6F4N2O3S. The zero-order valence-electron chi connectivity index (χ0n) is 8.25. The Bertz CT molecular complexity index is 541. The van der Waals surface area contributed by atoms with Crippen LogP contribution in [0.4, 0.5) is 17.6 Å². The molecule has 0 radical (unpaired) electrons. The molecular weight excluding hydrogens is 268 g/mol. The van der Waals surface area contributed by atoms with Crippen molar-refractivity contribution >= 4 is 10.0 Å². The van der Waals surface area contributed by atoms with E-state index >= 15 is 0 Å². The Labute approximate surface area is 93.3 Å². The molecule has 0 aliphatic heterocycles. The van der Waals surface area contributed by atoms with Crippen molar-refractivity contribution in [2.24, 2.45) is 5.14 Å². The Morgan fingerprint density at radius 3 is 2.35 bits per heavy atom. The third kappa shape index (κ3) is 3.53. The van der Waals surface area contributed by atoms with Gasteiger partial charge in [0.2, 0.25) is 5.95 Å². The molecule has 17 heavy (non-hydrogen) atoms. The molecule has 10 heteroatoms. The summed E-state index contributed by atoms with van der Waals surface area (Å²) in [5.41, 5.74) is -0.522. The Kier molecular flexibility index (Phi) is 3.30. The van der Waals surface area contributed by atoms with Gasteiger partial charge in [0.25, 0.3) is 10.0 Å². The van der Waals surface area contributed by atoms with Gasteiger partial charge in [-0.25, -0.2) is 18.5 Å². The highest BCUT2D eigenvalue weighted by Gasteiger charge is 2.33. The number of rotatable bonds is 2. The molecule has 0 aliphatic rings. The summed E-state index contributed by atoms with van der Waals surface area (Å²) in [4.78, 5) is 2.91. The number of hydrogen-bond donors (Lipinski definition) is 1. The number of halogens is 4. The van der Waals surface area contributed by atoms with Crippen LogP contribution in [0.3, 0.4) is 0 Å². The second kappa shape index (κ2) is 4.11. The van der Waals surface area contributed by atoms with Gasteiger partial charge in [0, 0.05) is 11.6 Å². The van der Waals surface area contributed by atoms with Crippen LogP contribution in [0.5, 0.6) is 5.75 Å². The number of ether oxygens (including phenoxy) is 1. The summed E-state index contributed by atoms with van der Waals surface area (Å²) in [6.45, 7) is 0.966. The lowest BCUT2D eigenvalue weighted by Gasteiger charge is -2.12. The molecule has 0 fully saturated rings. The van der Waals surface area contributed by atoms with Gasteiger partial charge >= 0.3 is 6.36 Å². The lowest BCUT2D eigenvalue weighted by molar-refractivity contribution is -0.275. The summed E-state index contributed by atoms with van der Waals surface area (Å²) in [5, 5.41) is 3.66. The van der Waals surface area contributed by atoms with Crippen LogP contribution in [0.15, 0.2) is 11.1 Å². The maximum atomic E-state index is 12.8. The van der Waals surface area contributed by atoms with Gasteiger partial charge < -0.3 is 4.74 Å². The van der Waals surface area contributed by atoms with Crippen molar-refractivity contribution in [3.05, 3.63) is 17.6 Å². The molecule has 2 N–H and O–H groups in total. The van der Waals surface area contributed by atoms with Crippen molar-refractivity contribution in [2.45, 2.75) is 18.3 Å². The molecule has 0 saturated heterocycles. The monoisotopic (exact) mass is 274 g/mol. The SMILES string of the molecule is Cc1c(OC(F)(F)F)cc(F)nc1S(N)(=O)=O. The zero-order chi connectivity index (χ0) is 13.4. The predicted molar refractivity (Wildman–Crippen MR) is 47.0 cm³/mol. The number of alkyl halides is 3. The van der Waals surface area contributed by atoms with Crippen LogP contribution in [-0.4, -0.2) is 19.8 Å². The lowest BCUT2D eigenvalue weighted by Crippen LogP contribution is -2.21. The maximum Gasteiger partial charge on any atom is 0.573 e. The van der Waals surface area contributed by atoms with Gasteiger partial charge in [-0.3, -0.25) is 0 Å². The molecule has 0 unspecified atom stereocenters. The number of hydrogen-bond acceptors (Lipinski definition) is 4. The zero-order valence-corrected chi connectivity index (χ0v) is 9.06. The molecule has 1 aromatic rings. The predicted octanol–water partition coefficient (Wildman–Crippen LogP) is 1.08. The first-order chi connectivity index (χ1) is 7.50. The van der Waals surface area contributed by atoms with E-state index in [0.717, 1.165) is 6.92 Å². The molecule has 0 spiro atoms. The first-order valence-electron chi connectivity index (χ1n) is 3.96. The molecule has 0 amide bonds. The van der Waals surface area contributed by atoms with Crippen LogP contribution in [0.2, 0.25) is 0 Å². The van der Waals surface area contributed by atoms with E-state index in [2.05, 4.69) is 14.9 Å². The molecule has 0 aliphatic carbocycles. The Morgan fingerprint density at radius 2 is 1.94 bits per heavy atom. The largest absolute Gasteiger partial charge is 0.573 e. The van der Waals surface area contributed by atoms with Crippen LogP contribution in [0.25, 0.3) is 0 Å². The smallest absolute Gasteiger partial charge is 0.405 e. The first kappa shape index (κ1) is 13.6. The van der Waals surface area contributed by atoms with Crippen molar-refractivity contribution in [3.8, 4) is 5.75 Å². The fourth-order valence-electron chi connectivity index (χ4n) is 1.04. The quantitative estimate of drug-likeness (QED) is 0.646. The average Bonchev–Trinajstić information content (AvgIpc) is 2.06. The third-order valence-electron chi connectivity index (χ3n) is 1.64. The Balaban J connectivity index is 3.40. The van der Waals surface area contributed by atoms with Crippen LogP contribution < -0.4 is 9.88 Å². The topological polar surface area (TPSA) is 82.3 Å². The van der Waals surface area contributed by atoms with E-state index in [1.54, 1.807) is 0 Å². The second-order valence-corrected chi connectivity index (χ2v) is 4.44. The molecule has 5 nitrogen and oxygen atoms in total. The number of nitrogens with two attached hydrogens (primary N) is 1. The van der Waals surface area contributed by atoms with Crippen LogP contribution >= 0.6 is 0 Å². The third-order valence-corrected chi connectivity index (χ3v) is 2.58. The van der Waals surface area contributed by atoms with Crippen LogP contribution in [-0.2, 0) is 10.0 Å². The minimum atomic E-state index is -5.08. The molecule has 96 valence electrons. The van der Waals surface area contributed by atoms with Gasteiger partial charge in [-0.15, -0.1) is 13.2 Å². The summed E-state index contributed by atoms with van der Waals surface area (Å²) in [6.07, 6.45) is -5.08. The summed E-state index contributed by atoms with van der Waals surface area (Å²) in [5.74, 6) is -2.45. The van der Waals surface area contributed by atoms with Crippen LogP contribution in [0, 0.1) is 12.9 Å². The number of pyridine rings is 1. The minimum Gasteiger partial charge on any atom is -0.405 e. The van der Waals surface area contributed by atoms with Gasteiger partial charge in [-0.05, 0) is 6.92 Å². The molecule has 0 bridgehead atoms. The van der Waals surface area contributed by atoms with Crippen molar-refractivity contribution in [3.63, 3.8) is 0 Å². The summed E-state index contributed by atoms with van der Waals surface area (Å²) in [6, 6.07) is 0.317. The van der Waals surface area contributed by atoms with E-state index in [1.165, 1.54) is 0 Å². The van der Waals surface area contributed by atoms with E-state index in [9.17, 15) is 26.0 Å². The Morgan fingerprint density at radius 1 is 1.41 bits per heavy atom. The van der Waals surface area contributed by atoms with Crippen molar-refractivity contribution in [1.82, 2.24) is 4.98 Å². The number of nitrogens with zero attached hydrogens (tertiary/aromatic N) is 1. The average molecular weight is 274 g/mol. The normalized spacial score (nSPS) is 12.6. The van der Waals surface area contributed by atoms with E-state index < -0.39 is 38.7 Å². The molecule has 1 rings (SSSR count). The molecule has 1 heterocycles. The lowest BCUT2D eigenvalue weighted by atomic mass is 10.3. The standard InChI is InChI=1S/C7H6F4N2O3S/c1-3-4(16-7(9,10)11)2-5(8)13-6(3)17(12,14)15/h2H,1H3,(H2,12,14,15). The summed E-state index contributed by atoms with van der Waals surface area (Å²) in [7, 11) is -4.43. The van der Waals surface area contributed by atoms with Crippen molar-refractivity contribution in [2.75, 3.05) is 0 Å². The van der Waals surface area contributed by atoms with Gasteiger partial charge in [0.15, 0.2) is 5.03 Å². The fraction of sp³-hybridized carbons (Fsp3) is 0.286. The highest BCUT2D eigenvalue weighted by atomic mass is 32.2. The van der Waals surface area contributed by atoms with Gasteiger partial charge in [0.05, 0.1) is 0 Å². The van der Waals surface area contributed by atoms with E-state index in [1.807, 2.05) is 0 Å². The van der Waals surface area contributed by atoms with Gasteiger partial charge in [-0.1, -0.05) is 0 Å². The van der Waals surface area contributed by atoms with Gasteiger partial charge in [0.1, 0.15) is 5.75 Å². The highest BCUT2D eigenvalue weighted by molar-refractivity contribution is 7.89. The highest BCUT2D eigenvalue weighted by Crippen LogP contribution is 2.29. The number of sulfonamides is 1. The second-order valence-electron chi connectivity index (χ2n) is 2.97. The summed E-state index contributed by atoms with van der Waals surface area (Å²) < 4.78 is 74.0. The van der Waals surface area contributed by atoms with E-state index in [-0.39, 0.29) is 0 Å². The Hall–Kier alpha value is -1.42. The van der Waals surface area contributed by atoms with E-state index in [0.29, 0.717) is 6.07 Å². The van der Waals surface area contributed by atoms with E-state index in [4.69, 9.17) is 0 Å². The number of aromatic nitrogens is 1. The van der Waals surface area contributed by atoms with Crippen LogP contribution in [0.1, 0.15) is 5.56 Å². The summed E-state index contributed by atoms with van der Waals surface area (Å²) >= 11 is 0. The van der Waals surface area contributed by atoms with Gasteiger partial charge in [-0.2, -0.15) is 4.39 Å².